The fourth-order valence-electron chi connectivity index (χ4n) is 3.52. The fraction of sp³-hybridized carbons (Fsp3) is 0.208. The summed E-state index contributed by atoms with van der Waals surface area (Å²) < 4.78 is 17.8. The van der Waals surface area contributed by atoms with Crippen molar-refractivity contribution in [2.24, 2.45) is 0 Å². The summed E-state index contributed by atoms with van der Waals surface area (Å²) >= 11 is 11.7. The monoisotopic (exact) mass is 482 g/mol. The summed E-state index contributed by atoms with van der Waals surface area (Å²) in [5.41, 5.74) is 5.12. The van der Waals surface area contributed by atoms with E-state index in [0.717, 1.165) is 17.1 Å². The minimum absolute atomic E-state index is 0.226. The van der Waals surface area contributed by atoms with E-state index in [4.69, 9.17) is 23.8 Å². The Morgan fingerprint density at radius 3 is 2.48 bits per heavy atom. The van der Waals surface area contributed by atoms with E-state index in [9.17, 15) is 4.39 Å². The zero-order valence-electron chi connectivity index (χ0n) is 18.6. The second-order valence-corrected chi connectivity index (χ2v) is 8.68. The van der Waals surface area contributed by atoms with E-state index in [-0.39, 0.29) is 12.4 Å². The van der Waals surface area contributed by atoms with Crippen LogP contribution in [0.3, 0.4) is 0 Å². The van der Waals surface area contributed by atoms with Crippen LogP contribution in [0.25, 0.3) is 0 Å². The fourth-order valence-corrected chi connectivity index (χ4v) is 3.95. The van der Waals surface area contributed by atoms with E-state index >= 15 is 0 Å². The maximum Gasteiger partial charge on any atom is 0.176 e. The Balaban J connectivity index is 1.42. The summed E-state index contributed by atoms with van der Waals surface area (Å²) in [7, 11) is 0. The van der Waals surface area contributed by atoms with Crippen molar-refractivity contribution >= 4 is 40.4 Å². The van der Waals surface area contributed by atoms with Crippen LogP contribution >= 0.6 is 23.8 Å². The van der Waals surface area contributed by atoms with E-state index in [1.165, 1.54) is 17.2 Å². The number of rotatable bonds is 6. The van der Waals surface area contributed by atoms with E-state index < -0.39 is 0 Å². The van der Waals surface area contributed by atoms with Crippen LogP contribution < -0.4 is 10.6 Å². The van der Waals surface area contributed by atoms with Crippen LogP contribution in [0.15, 0.2) is 54.7 Å². The molecule has 0 bridgehead atoms. The molecule has 0 aliphatic heterocycles. The molecule has 4 rings (SSSR count). The first-order valence-electron chi connectivity index (χ1n) is 10.4. The number of halogens is 2. The van der Waals surface area contributed by atoms with Crippen LogP contribution in [0.4, 0.5) is 15.9 Å². The lowest BCUT2D eigenvalue weighted by atomic mass is 10.1. The van der Waals surface area contributed by atoms with E-state index in [1.807, 2.05) is 30.8 Å². The molecule has 0 atom stereocenters. The smallest absolute Gasteiger partial charge is 0.176 e. The first-order valence-corrected chi connectivity index (χ1v) is 11.2. The Morgan fingerprint density at radius 1 is 1.00 bits per heavy atom. The van der Waals surface area contributed by atoms with Crippen LogP contribution in [-0.4, -0.2) is 24.7 Å². The molecular weight excluding hydrogens is 459 g/mol. The maximum absolute atomic E-state index is 14.2. The van der Waals surface area contributed by atoms with Crippen molar-refractivity contribution in [1.29, 1.82) is 0 Å². The first-order chi connectivity index (χ1) is 15.8. The first kappa shape index (κ1) is 22.9. The highest BCUT2D eigenvalue weighted by Gasteiger charge is 2.16. The number of aryl methyl sites for hydroxylation is 2. The topological polar surface area (TPSA) is 59.7 Å². The van der Waals surface area contributed by atoms with Gasteiger partial charge in [-0.05, 0) is 50.7 Å². The Hall–Kier alpha value is -3.23. The third-order valence-electron chi connectivity index (χ3n) is 5.34. The molecule has 6 nitrogen and oxygen atoms in total. The van der Waals surface area contributed by atoms with E-state index in [0.29, 0.717) is 28.1 Å². The predicted octanol–water partition coefficient (Wildman–Crippen LogP) is 5.70. The summed E-state index contributed by atoms with van der Waals surface area (Å²) in [5, 5.41) is 16.1. The van der Waals surface area contributed by atoms with Gasteiger partial charge in [-0.25, -0.2) is 4.39 Å². The van der Waals surface area contributed by atoms with Crippen LogP contribution in [0.1, 0.15) is 28.1 Å². The summed E-state index contributed by atoms with van der Waals surface area (Å²) in [4.78, 5) is 0. The van der Waals surface area contributed by atoms with Crippen molar-refractivity contribution in [3.63, 3.8) is 0 Å². The lowest BCUT2D eigenvalue weighted by Gasteiger charge is -2.11. The molecule has 0 radical (unpaired) electrons. The molecule has 9 heteroatoms. The summed E-state index contributed by atoms with van der Waals surface area (Å²) in [5.74, 6) is 0.281. The van der Waals surface area contributed by atoms with Gasteiger partial charge in [-0.3, -0.25) is 9.36 Å². The van der Waals surface area contributed by atoms with Gasteiger partial charge in [-0.2, -0.15) is 10.2 Å². The molecule has 2 aromatic heterocycles. The predicted molar refractivity (Wildman–Crippen MR) is 135 cm³/mol. The minimum Gasteiger partial charge on any atom is -0.329 e. The van der Waals surface area contributed by atoms with Crippen molar-refractivity contribution in [3.05, 3.63) is 93.6 Å². The molecule has 0 aliphatic rings. The number of anilines is 2. The zero-order valence-corrected chi connectivity index (χ0v) is 20.1. The molecule has 0 amide bonds. The zero-order chi connectivity index (χ0) is 23.5. The van der Waals surface area contributed by atoms with Gasteiger partial charge in [0, 0.05) is 22.8 Å². The molecule has 0 fully saturated rings. The standard InChI is InChI=1S/C24H24ClFN6S/c1-15-7-9-18(10-8-15)13-31-12-11-22(30-31)27-24(33)28-23-16(2)29-32(17(23)3)14-19-20(25)5-4-6-21(19)26/h4-12H,13-14H2,1-3H3,(H2,27,28,30,33). The lowest BCUT2D eigenvalue weighted by Crippen LogP contribution is -2.20. The molecule has 2 heterocycles. The second-order valence-electron chi connectivity index (χ2n) is 7.87. The summed E-state index contributed by atoms with van der Waals surface area (Å²) in [6, 6.07) is 14.9. The highest BCUT2D eigenvalue weighted by molar-refractivity contribution is 7.80. The second kappa shape index (κ2) is 9.72. The van der Waals surface area contributed by atoms with Gasteiger partial charge in [0.2, 0.25) is 0 Å². The maximum atomic E-state index is 14.2. The molecule has 0 spiro atoms. The van der Waals surface area contributed by atoms with Crippen molar-refractivity contribution in [1.82, 2.24) is 19.6 Å². The van der Waals surface area contributed by atoms with Crippen molar-refractivity contribution < 1.29 is 4.39 Å². The van der Waals surface area contributed by atoms with Crippen LogP contribution in [-0.2, 0) is 13.1 Å². The van der Waals surface area contributed by atoms with Gasteiger partial charge >= 0.3 is 0 Å². The Bertz CT molecular complexity index is 1270. The van der Waals surface area contributed by atoms with Gasteiger partial charge in [0.15, 0.2) is 10.9 Å². The molecule has 4 aromatic rings. The Morgan fingerprint density at radius 2 is 1.76 bits per heavy atom. The molecule has 0 aliphatic carbocycles. The molecular formula is C24H24ClFN6S. The van der Waals surface area contributed by atoms with Gasteiger partial charge in [0.05, 0.1) is 30.2 Å². The van der Waals surface area contributed by atoms with Gasteiger partial charge in [0.1, 0.15) is 5.82 Å². The number of aromatic nitrogens is 4. The number of nitrogens with one attached hydrogen (secondary N) is 2. The largest absolute Gasteiger partial charge is 0.329 e. The number of hydrogen-bond acceptors (Lipinski definition) is 3. The number of thiocarbonyl (C=S) groups is 1. The van der Waals surface area contributed by atoms with Crippen molar-refractivity contribution in [3.8, 4) is 0 Å². The average molecular weight is 483 g/mol. The van der Waals surface area contributed by atoms with Gasteiger partial charge in [-0.1, -0.05) is 47.5 Å². The molecule has 2 N–H and O–H groups in total. The van der Waals surface area contributed by atoms with E-state index in [1.54, 1.807) is 16.8 Å². The molecule has 33 heavy (non-hydrogen) atoms. The molecule has 0 saturated carbocycles. The van der Waals surface area contributed by atoms with Crippen molar-refractivity contribution in [2.75, 3.05) is 10.6 Å². The van der Waals surface area contributed by atoms with Crippen LogP contribution in [0.2, 0.25) is 5.02 Å². The van der Waals surface area contributed by atoms with Gasteiger partial charge < -0.3 is 10.6 Å². The average Bonchev–Trinajstić information content (AvgIpc) is 3.31. The SMILES string of the molecule is Cc1ccc(Cn2ccc(NC(=S)Nc3c(C)nn(Cc4c(F)cccc4Cl)c3C)n2)cc1. The molecule has 0 unspecified atom stereocenters. The molecule has 170 valence electrons. The molecule has 0 saturated heterocycles. The third kappa shape index (κ3) is 5.40. The number of benzene rings is 2. The summed E-state index contributed by atoms with van der Waals surface area (Å²) in [6.07, 6.45) is 1.90. The summed E-state index contributed by atoms with van der Waals surface area (Å²) in [6.45, 7) is 6.73. The highest BCUT2D eigenvalue weighted by atomic mass is 35.5. The number of hydrogen-bond donors (Lipinski definition) is 2. The minimum atomic E-state index is -0.358. The number of nitrogens with zero attached hydrogens (tertiary/aromatic N) is 4. The van der Waals surface area contributed by atoms with Crippen LogP contribution in [0.5, 0.6) is 0 Å². The normalized spacial score (nSPS) is 10.9. The molecule has 2 aromatic carbocycles. The highest BCUT2D eigenvalue weighted by Crippen LogP contribution is 2.24. The third-order valence-corrected chi connectivity index (χ3v) is 5.90. The van der Waals surface area contributed by atoms with Gasteiger partial charge in [0.25, 0.3) is 0 Å². The van der Waals surface area contributed by atoms with Crippen molar-refractivity contribution in [2.45, 2.75) is 33.9 Å². The van der Waals surface area contributed by atoms with Crippen LogP contribution in [0, 0.1) is 26.6 Å². The van der Waals surface area contributed by atoms with E-state index in [2.05, 4.69) is 52.0 Å². The Labute approximate surface area is 202 Å². The van der Waals surface area contributed by atoms with Gasteiger partial charge in [-0.15, -0.1) is 0 Å². The lowest BCUT2D eigenvalue weighted by molar-refractivity contribution is 0.579. The Kier molecular flexibility index (Phi) is 6.76. The quantitative estimate of drug-likeness (QED) is 0.345.